The Kier molecular flexibility index (Phi) is 4.06. The van der Waals surface area contributed by atoms with Crippen molar-refractivity contribution in [3.8, 4) is 0 Å². The number of hydrogen-bond acceptors (Lipinski definition) is 3. The fraction of sp³-hybridized carbons (Fsp3) is 0.467. The Morgan fingerprint density at radius 2 is 2.48 bits per heavy atom. The molecule has 1 fully saturated rings. The summed E-state index contributed by atoms with van der Waals surface area (Å²) in [4.78, 5) is 15.2. The van der Waals surface area contributed by atoms with E-state index in [0.29, 0.717) is 12.1 Å². The fourth-order valence-corrected chi connectivity index (χ4v) is 2.85. The average molecular weight is 288 g/mol. The number of aromatic amines is 2. The van der Waals surface area contributed by atoms with E-state index in [1.54, 1.807) is 18.5 Å². The first-order chi connectivity index (χ1) is 10.3. The van der Waals surface area contributed by atoms with Gasteiger partial charge in [0.2, 0.25) is 0 Å². The number of ether oxygens (including phenoxy) is 1. The Morgan fingerprint density at radius 3 is 3.19 bits per heavy atom. The maximum absolute atomic E-state index is 12.2. The van der Waals surface area contributed by atoms with E-state index >= 15 is 0 Å². The number of amides is 1. The predicted octanol–water partition coefficient (Wildman–Crippen LogP) is 1.94. The Hall–Kier alpha value is -2.08. The number of H-pyrrole nitrogens is 2. The topological polar surface area (TPSA) is 82.8 Å². The largest absolute Gasteiger partial charge is 0.373 e. The molecule has 0 unspecified atom stereocenters. The van der Waals surface area contributed by atoms with Crippen LogP contribution in [0, 0.1) is 12.8 Å². The van der Waals surface area contributed by atoms with Gasteiger partial charge < -0.3 is 15.0 Å². The first kappa shape index (κ1) is 13.9. The van der Waals surface area contributed by atoms with Crippen LogP contribution in [0.1, 0.15) is 40.6 Å². The zero-order valence-electron chi connectivity index (χ0n) is 12.1. The van der Waals surface area contributed by atoms with Crippen molar-refractivity contribution in [2.24, 2.45) is 5.92 Å². The van der Waals surface area contributed by atoms with Crippen molar-refractivity contribution in [1.82, 2.24) is 20.5 Å². The summed E-state index contributed by atoms with van der Waals surface area (Å²) in [6.45, 7) is 3.27. The molecule has 6 heteroatoms. The third-order valence-electron chi connectivity index (χ3n) is 4.02. The number of hydrogen-bond donors (Lipinski definition) is 3. The lowest BCUT2D eigenvalue weighted by molar-refractivity contribution is -0.0272. The standard InChI is InChI=1S/C15H20N4O2/c1-10-13(4-5-16-10)15(20)17-7-11-3-2-6-21-14(11)12-8-18-19-9-12/h4-5,8-9,11,14,16H,2-3,6-7H2,1H3,(H,17,20)(H,18,19)/t11-,14+/m0/s1. The molecule has 2 aromatic heterocycles. The van der Waals surface area contributed by atoms with Crippen LogP contribution >= 0.6 is 0 Å². The van der Waals surface area contributed by atoms with Crippen LogP contribution in [0.4, 0.5) is 0 Å². The summed E-state index contributed by atoms with van der Waals surface area (Å²) in [5.41, 5.74) is 2.64. The fourth-order valence-electron chi connectivity index (χ4n) is 2.85. The van der Waals surface area contributed by atoms with Crippen molar-refractivity contribution >= 4 is 5.91 Å². The minimum Gasteiger partial charge on any atom is -0.373 e. The third-order valence-corrected chi connectivity index (χ3v) is 4.02. The van der Waals surface area contributed by atoms with Crippen LogP contribution in [0.2, 0.25) is 0 Å². The molecule has 1 saturated heterocycles. The summed E-state index contributed by atoms with van der Waals surface area (Å²) < 4.78 is 5.86. The Balaban J connectivity index is 1.63. The van der Waals surface area contributed by atoms with E-state index in [-0.39, 0.29) is 17.9 Å². The lowest BCUT2D eigenvalue weighted by Crippen LogP contribution is -2.35. The van der Waals surface area contributed by atoms with Crippen LogP contribution in [0.3, 0.4) is 0 Å². The van der Waals surface area contributed by atoms with Crippen molar-refractivity contribution in [3.63, 3.8) is 0 Å². The molecule has 1 aliphatic rings. The van der Waals surface area contributed by atoms with E-state index < -0.39 is 0 Å². The summed E-state index contributed by atoms with van der Waals surface area (Å²) in [6, 6.07) is 1.80. The summed E-state index contributed by atoms with van der Waals surface area (Å²) in [5, 5.41) is 9.82. The van der Waals surface area contributed by atoms with Crippen molar-refractivity contribution in [2.45, 2.75) is 25.9 Å². The molecule has 0 aromatic carbocycles. The van der Waals surface area contributed by atoms with Crippen molar-refractivity contribution in [1.29, 1.82) is 0 Å². The van der Waals surface area contributed by atoms with Crippen LogP contribution in [0.5, 0.6) is 0 Å². The smallest absolute Gasteiger partial charge is 0.253 e. The number of nitrogens with zero attached hydrogens (tertiary/aromatic N) is 1. The molecule has 0 radical (unpaired) electrons. The van der Waals surface area contributed by atoms with Crippen LogP contribution < -0.4 is 5.32 Å². The van der Waals surface area contributed by atoms with Gasteiger partial charge in [0.25, 0.3) is 5.91 Å². The number of rotatable bonds is 4. The first-order valence-corrected chi connectivity index (χ1v) is 7.28. The second-order valence-corrected chi connectivity index (χ2v) is 5.45. The van der Waals surface area contributed by atoms with Crippen molar-refractivity contribution in [2.75, 3.05) is 13.2 Å². The van der Waals surface area contributed by atoms with Gasteiger partial charge in [0, 0.05) is 42.7 Å². The molecule has 3 N–H and O–H groups in total. The number of carbonyl (C=O) groups is 1. The minimum absolute atomic E-state index is 0.00474. The quantitative estimate of drug-likeness (QED) is 0.804. The van der Waals surface area contributed by atoms with Crippen LogP contribution in [-0.2, 0) is 4.74 Å². The lowest BCUT2D eigenvalue weighted by Gasteiger charge is -2.31. The van der Waals surface area contributed by atoms with Crippen LogP contribution in [-0.4, -0.2) is 34.2 Å². The second kappa shape index (κ2) is 6.13. The first-order valence-electron chi connectivity index (χ1n) is 7.28. The molecule has 1 amide bonds. The van der Waals surface area contributed by atoms with Crippen LogP contribution in [0.25, 0.3) is 0 Å². The molecular weight excluding hydrogens is 268 g/mol. The Bertz CT molecular complexity index is 591. The van der Waals surface area contributed by atoms with Gasteiger partial charge in [0.15, 0.2) is 0 Å². The zero-order valence-corrected chi connectivity index (χ0v) is 12.1. The molecule has 0 bridgehead atoms. The molecule has 2 aromatic rings. The van der Waals surface area contributed by atoms with E-state index in [4.69, 9.17) is 4.74 Å². The summed E-state index contributed by atoms with van der Waals surface area (Å²) in [5.74, 6) is 0.241. The Labute approximate surface area is 123 Å². The van der Waals surface area contributed by atoms with E-state index in [1.807, 2.05) is 13.1 Å². The molecule has 0 spiro atoms. The third kappa shape index (κ3) is 3.00. The van der Waals surface area contributed by atoms with Crippen LogP contribution in [0.15, 0.2) is 24.7 Å². The van der Waals surface area contributed by atoms with Gasteiger partial charge in [0.05, 0.1) is 17.9 Å². The van der Waals surface area contributed by atoms with Gasteiger partial charge in [-0.25, -0.2) is 0 Å². The van der Waals surface area contributed by atoms with Gasteiger partial charge in [-0.1, -0.05) is 0 Å². The SMILES string of the molecule is Cc1[nH]ccc1C(=O)NC[C@@H]1CCCO[C@H]1c1cn[nH]c1. The molecule has 3 heterocycles. The summed E-state index contributed by atoms with van der Waals surface area (Å²) in [6.07, 6.45) is 7.51. The van der Waals surface area contributed by atoms with E-state index in [1.165, 1.54) is 0 Å². The van der Waals surface area contributed by atoms with E-state index in [2.05, 4.69) is 20.5 Å². The normalized spacial score (nSPS) is 22.1. The van der Waals surface area contributed by atoms with Crippen molar-refractivity contribution < 1.29 is 9.53 Å². The van der Waals surface area contributed by atoms with E-state index in [0.717, 1.165) is 30.7 Å². The lowest BCUT2D eigenvalue weighted by atomic mass is 9.91. The molecule has 0 aliphatic carbocycles. The number of aromatic nitrogens is 3. The monoisotopic (exact) mass is 288 g/mol. The van der Waals surface area contributed by atoms with Gasteiger partial charge in [-0.05, 0) is 25.8 Å². The molecule has 2 atom stereocenters. The van der Waals surface area contributed by atoms with Gasteiger partial charge in [0.1, 0.15) is 0 Å². The highest BCUT2D eigenvalue weighted by molar-refractivity contribution is 5.95. The van der Waals surface area contributed by atoms with Gasteiger partial charge in [-0.2, -0.15) is 5.10 Å². The molecule has 6 nitrogen and oxygen atoms in total. The zero-order chi connectivity index (χ0) is 14.7. The molecule has 1 aliphatic heterocycles. The maximum Gasteiger partial charge on any atom is 0.253 e. The molecular formula is C15H20N4O2. The van der Waals surface area contributed by atoms with Gasteiger partial charge in [-0.15, -0.1) is 0 Å². The minimum atomic E-state index is -0.0368. The molecule has 0 saturated carbocycles. The van der Waals surface area contributed by atoms with Gasteiger partial charge in [-0.3, -0.25) is 9.89 Å². The average Bonchev–Trinajstić information content (AvgIpc) is 3.16. The number of nitrogens with one attached hydrogen (secondary N) is 3. The second-order valence-electron chi connectivity index (χ2n) is 5.45. The molecule has 3 rings (SSSR count). The molecule has 112 valence electrons. The maximum atomic E-state index is 12.2. The summed E-state index contributed by atoms with van der Waals surface area (Å²) >= 11 is 0. The number of carbonyl (C=O) groups excluding carboxylic acids is 1. The van der Waals surface area contributed by atoms with E-state index in [9.17, 15) is 4.79 Å². The summed E-state index contributed by atoms with van der Waals surface area (Å²) in [7, 11) is 0. The highest BCUT2D eigenvalue weighted by Gasteiger charge is 2.28. The highest BCUT2D eigenvalue weighted by atomic mass is 16.5. The van der Waals surface area contributed by atoms with Crippen molar-refractivity contribution in [3.05, 3.63) is 41.5 Å². The number of aryl methyl sites for hydroxylation is 1. The molecule has 21 heavy (non-hydrogen) atoms. The predicted molar refractivity (Wildman–Crippen MR) is 77.9 cm³/mol. The Morgan fingerprint density at radius 1 is 1.57 bits per heavy atom. The van der Waals surface area contributed by atoms with Gasteiger partial charge >= 0.3 is 0 Å². The highest BCUT2D eigenvalue weighted by Crippen LogP contribution is 2.32.